The fraction of sp³-hybridized carbons (Fsp3) is 0.190. The molecule has 0 saturated heterocycles. The maximum atomic E-state index is 12.9. The number of amides is 1. The molecule has 0 aliphatic rings. The molecule has 0 bridgehead atoms. The molecule has 0 saturated carbocycles. The standard InChI is InChI=1S/C21H20N6OS/c1-13-11-17-19(29-13)18(20(28)24-12-15-7-3-5-9-22-15)27-21(26-17)25-14(2)16-8-4-6-10-23-16/h3-11,14H,12H2,1-2H3,(H,24,28)(H,25,26,27)/t14-/m0/s1. The van der Waals surface area contributed by atoms with Crippen LogP contribution in [0.25, 0.3) is 10.2 Å². The Bertz CT molecular complexity index is 1130. The summed E-state index contributed by atoms with van der Waals surface area (Å²) in [6.07, 6.45) is 3.45. The van der Waals surface area contributed by atoms with Gasteiger partial charge in [-0.2, -0.15) is 0 Å². The first-order chi connectivity index (χ1) is 14.1. The third-order valence-electron chi connectivity index (χ3n) is 4.34. The van der Waals surface area contributed by atoms with Gasteiger partial charge in [0.05, 0.1) is 34.2 Å². The van der Waals surface area contributed by atoms with E-state index in [0.717, 1.165) is 26.5 Å². The first-order valence-electron chi connectivity index (χ1n) is 9.24. The predicted molar refractivity (Wildman–Crippen MR) is 114 cm³/mol. The van der Waals surface area contributed by atoms with Crippen molar-refractivity contribution in [3.8, 4) is 0 Å². The Hall–Kier alpha value is -3.39. The molecule has 4 heterocycles. The van der Waals surface area contributed by atoms with Gasteiger partial charge in [-0.25, -0.2) is 9.97 Å². The number of nitrogens with one attached hydrogen (secondary N) is 2. The van der Waals surface area contributed by atoms with Crippen molar-refractivity contribution in [2.45, 2.75) is 26.4 Å². The Kier molecular flexibility index (Phi) is 5.44. The summed E-state index contributed by atoms with van der Waals surface area (Å²) in [5.74, 6) is 0.148. The van der Waals surface area contributed by atoms with E-state index in [1.807, 2.05) is 56.3 Å². The van der Waals surface area contributed by atoms with Gasteiger partial charge in [0.15, 0.2) is 5.69 Å². The van der Waals surface area contributed by atoms with Crippen LogP contribution >= 0.6 is 11.3 Å². The number of hydrogen-bond acceptors (Lipinski definition) is 7. The van der Waals surface area contributed by atoms with Crippen LogP contribution in [0.5, 0.6) is 0 Å². The van der Waals surface area contributed by atoms with E-state index in [1.54, 1.807) is 12.4 Å². The molecule has 1 amide bonds. The summed E-state index contributed by atoms with van der Waals surface area (Å²) in [5, 5.41) is 6.16. The van der Waals surface area contributed by atoms with Gasteiger partial charge < -0.3 is 10.6 Å². The number of hydrogen-bond donors (Lipinski definition) is 2. The molecule has 1 atom stereocenters. The maximum Gasteiger partial charge on any atom is 0.271 e. The van der Waals surface area contributed by atoms with Crippen LogP contribution in [-0.2, 0) is 6.54 Å². The van der Waals surface area contributed by atoms with Crippen LogP contribution in [0.1, 0.15) is 39.7 Å². The summed E-state index contributed by atoms with van der Waals surface area (Å²) in [7, 11) is 0. The molecule has 0 aromatic carbocycles. The quantitative estimate of drug-likeness (QED) is 0.506. The molecule has 0 spiro atoms. The third kappa shape index (κ3) is 4.38. The Morgan fingerprint density at radius 1 is 1.10 bits per heavy atom. The molecule has 0 unspecified atom stereocenters. The van der Waals surface area contributed by atoms with E-state index in [0.29, 0.717) is 18.2 Å². The largest absolute Gasteiger partial charge is 0.346 e. The minimum absolute atomic E-state index is 0.0992. The highest BCUT2D eigenvalue weighted by molar-refractivity contribution is 7.19. The molecular formula is C21H20N6OS. The third-order valence-corrected chi connectivity index (χ3v) is 5.39. The Morgan fingerprint density at radius 2 is 1.90 bits per heavy atom. The Balaban J connectivity index is 1.61. The summed E-state index contributed by atoms with van der Waals surface area (Å²) in [5.41, 5.74) is 2.77. The molecule has 0 aliphatic heterocycles. The number of carbonyl (C=O) groups excluding carboxylic acids is 1. The van der Waals surface area contributed by atoms with Gasteiger partial charge in [-0.05, 0) is 44.2 Å². The van der Waals surface area contributed by atoms with E-state index in [1.165, 1.54) is 11.3 Å². The van der Waals surface area contributed by atoms with E-state index in [2.05, 4.69) is 30.6 Å². The average molecular weight is 404 g/mol. The number of thiophene rings is 1. The van der Waals surface area contributed by atoms with Crippen LogP contribution in [0.3, 0.4) is 0 Å². The number of carbonyl (C=O) groups is 1. The average Bonchev–Trinajstić information content (AvgIpc) is 3.12. The van der Waals surface area contributed by atoms with Crippen LogP contribution in [0.2, 0.25) is 0 Å². The van der Waals surface area contributed by atoms with Crippen LogP contribution in [0.15, 0.2) is 54.9 Å². The Morgan fingerprint density at radius 3 is 2.62 bits per heavy atom. The number of anilines is 1. The number of nitrogens with zero attached hydrogens (tertiary/aromatic N) is 4. The van der Waals surface area contributed by atoms with Crippen molar-refractivity contribution in [1.82, 2.24) is 25.3 Å². The van der Waals surface area contributed by atoms with Crippen LogP contribution in [0.4, 0.5) is 5.95 Å². The van der Waals surface area contributed by atoms with E-state index in [9.17, 15) is 4.79 Å². The summed E-state index contributed by atoms with van der Waals surface area (Å²) in [4.78, 5) is 31.7. The monoisotopic (exact) mass is 404 g/mol. The Labute approximate surface area is 172 Å². The second-order valence-electron chi connectivity index (χ2n) is 6.59. The minimum Gasteiger partial charge on any atom is -0.346 e. The van der Waals surface area contributed by atoms with Crippen molar-refractivity contribution in [3.63, 3.8) is 0 Å². The lowest BCUT2D eigenvalue weighted by Crippen LogP contribution is -2.25. The second-order valence-corrected chi connectivity index (χ2v) is 7.85. The number of pyridine rings is 2. The van der Waals surface area contributed by atoms with Crippen molar-refractivity contribution in [2.24, 2.45) is 0 Å². The lowest BCUT2D eigenvalue weighted by molar-refractivity contribution is 0.0947. The van der Waals surface area contributed by atoms with Crippen molar-refractivity contribution in [3.05, 3.63) is 76.8 Å². The zero-order chi connectivity index (χ0) is 20.2. The predicted octanol–water partition coefficient (Wildman–Crippen LogP) is 3.89. The highest BCUT2D eigenvalue weighted by atomic mass is 32.1. The zero-order valence-corrected chi connectivity index (χ0v) is 16.9. The highest BCUT2D eigenvalue weighted by Gasteiger charge is 2.18. The molecule has 0 fully saturated rings. The lowest BCUT2D eigenvalue weighted by atomic mass is 10.2. The van der Waals surface area contributed by atoms with E-state index in [-0.39, 0.29) is 11.9 Å². The number of aryl methyl sites for hydroxylation is 1. The topological polar surface area (TPSA) is 92.7 Å². The van der Waals surface area contributed by atoms with Crippen molar-refractivity contribution in [1.29, 1.82) is 0 Å². The first kappa shape index (κ1) is 18.9. The molecule has 2 N–H and O–H groups in total. The van der Waals surface area contributed by atoms with Gasteiger partial charge in [0.25, 0.3) is 5.91 Å². The molecule has 4 aromatic heterocycles. The van der Waals surface area contributed by atoms with Gasteiger partial charge in [-0.15, -0.1) is 11.3 Å². The zero-order valence-electron chi connectivity index (χ0n) is 16.1. The molecule has 4 aromatic rings. The minimum atomic E-state index is -0.251. The summed E-state index contributed by atoms with van der Waals surface area (Å²) in [6.45, 7) is 4.31. The summed E-state index contributed by atoms with van der Waals surface area (Å²) < 4.78 is 0.775. The summed E-state index contributed by atoms with van der Waals surface area (Å²) >= 11 is 1.51. The van der Waals surface area contributed by atoms with Crippen LogP contribution in [0, 0.1) is 6.92 Å². The van der Waals surface area contributed by atoms with Crippen LogP contribution in [-0.4, -0.2) is 25.8 Å². The fourth-order valence-corrected chi connectivity index (χ4v) is 3.86. The van der Waals surface area contributed by atoms with Crippen molar-refractivity contribution < 1.29 is 4.79 Å². The number of rotatable bonds is 6. The van der Waals surface area contributed by atoms with Crippen molar-refractivity contribution in [2.75, 3.05) is 5.32 Å². The van der Waals surface area contributed by atoms with E-state index >= 15 is 0 Å². The van der Waals surface area contributed by atoms with Crippen LogP contribution < -0.4 is 10.6 Å². The molecule has 8 heteroatoms. The van der Waals surface area contributed by atoms with Gasteiger partial charge in [0, 0.05) is 17.3 Å². The number of aromatic nitrogens is 4. The van der Waals surface area contributed by atoms with Gasteiger partial charge >= 0.3 is 0 Å². The highest BCUT2D eigenvalue weighted by Crippen LogP contribution is 2.28. The normalized spacial score (nSPS) is 11.9. The summed E-state index contributed by atoms with van der Waals surface area (Å²) in [6, 6.07) is 13.2. The molecule has 29 heavy (non-hydrogen) atoms. The molecule has 7 nitrogen and oxygen atoms in total. The van der Waals surface area contributed by atoms with Crippen molar-refractivity contribution >= 4 is 33.4 Å². The maximum absolute atomic E-state index is 12.9. The van der Waals surface area contributed by atoms with Gasteiger partial charge in [-0.3, -0.25) is 14.8 Å². The van der Waals surface area contributed by atoms with E-state index < -0.39 is 0 Å². The van der Waals surface area contributed by atoms with Gasteiger partial charge in [-0.1, -0.05) is 12.1 Å². The second kappa shape index (κ2) is 8.32. The molecule has 4 rings (SSSR count). The fourth-order valence-electron chi connectivity index (χ4n) is 2.92. The smallest absolute Gasteiger partial charge is 0.271 e. The lowest BCUT2D eigenvalue weighted by Gasteiger charge is -2.14. The SMILES string of the molecule is Cc1cc2nc(N[C@@H](C)c3ccccn3)nc(C(=O)NCc3ccccn3)c2s1. The first-order valence-corrected chi connectivity index (χ1v) is 10.1. The molecule has 0 radical (unpaired) electrons. The molecule has 0 aliphatic carbocycles. The molecular weight excluding hydrogens is 384 g/mol. The van der Waals surface area contributed by atoms with Gasteiger partial charge in [0.1, 0.15) is 0 Å². The van der Waals surface area contributed by atoms with E-state index in [4.69, 9.17) is 0 Å². The van der Waals surface area contributed by atoms with Gasteiger partial charge in [0.2, 0.25) is 5.95 Å². The number of fused-ring (bicyclic) bond motifs is 1. The molecule has 146 valence electrons.